The first-order valence-corrected chi connectivity index (χ1v) is 12.5. The summed E-state index contributed by atoms with van der Waals surface area (Å²) in [5.74, 6) is -0.487. The normalized spacial score (nSPS) is 13.5. The summed E-state index contributed by atoms with van der Waals surface area (Å²) in [7, 11) is 0. The molecule has 0 saturated carbocycles. The van der Waals surface area contributed by atoms with Crippen LogP contribution in [0.15, 0.2) is 82.5 Å². The summed E-state index contributed by atoms with van der Waals surface area (Å²) in [6, 6.07) is 18.9. The van der Waals surface area contributed by atoms with Gasteiger partial charge < -0.3 is 14.7 Å². The zero-order valence-corrected chi connectivity index (χ0v) is 20.9. The minimum Gasteiger partial charge on any atom is -0.423 e. The number of H-pyrrole nitrogens is 1. The summed E-state index contributed by atoms with van der Waals surface area (Å²) in [4.78, 5) is 30.3. The second-order valence-electron chi connectivity index (χ2n) is 9.83. The van der Waals surface area contributed by atoms with Crippen molar-refractivity contribution >= 4 is 39.0 Å². The molecule has 0 fully saturated rings. The lowest BCUT2D eigenvalue weighted by Gasteiger charge is -2.28. The minimum atomic E-state index is -0.422. The quantitative estimate of drug-likeness (QED) is 0.284. The number of rotatable bonds is 5. The molecule has 6 nitrogen and oxygen atoms in total. The Balaban J connectivity index is 1.12. The zero-order valence-electron chi connectivity index (χ0n) is 20.9. The number of aryl methyl sites for hydroxylation is 1. The fourth-order valence-electron chi connectivity index (χ4n) is 5.20. The number of hydrogen-bond acceptors (Lipinski definition) is 4. The predicted octanol–water partition coefficient (Wildman–Crippen LogP) is 6.05. The third-order valence-corrected chi connectivity index (χ3v) is 7.20. The molecule has 0 saturated heterocycles. The Bertz CT molecular complexity index is 1780. The van der Waals surface area contributed by atoms with Gasteiger partial charge in [0.25, 0.3) is 5.91 Å². The summed E-state index contributed by atoms with van der Waals surface area (Å²) >= 11 is 0. The van der Waals surface area contributed by atoms with Crippen LogP contribution >= 0.6 is 0 Å². The van der Waals surface area contributed by atoms with Gasteiger partial charge in [-0.1, -0.05) is 18.7 Å². The van der Waals surface area contributed by atoms with E-state index in [1.54, 1.807) is 36.4 Å². The average Bonchev–Trinajstić information content (AvgIpc) is 3.25. The highest BCUT2D eigenvalue weighted by atomic mass is 19.1. The van der Waals surface area contributed by atoms with Crippen LogP contribution in [0.2, 0.25) is 0 Å². The Morgan fingerprint density at radius 1 is 1.05 bits per heavy atom. The summed E-state index contributed by atoms with van der Waals surface area (Å²) in [6.45, 7) is 8.41. The second kappa shape index (κ2) is 9.43. The van der Waals surface area contributed by atoms with E-state index in [2.05, 4.69) is 21.8 Å². The summed E-state index contributed by atoms with van der Waals surface area (Å²) in [6.07, 6.45) is 0.871. The molecule has 7 heteroatoms. The molecule has 0 aliphatic carbocycles. The van der Waals surface area contributed by atoms with Crippen LogP contribution in [0.1, 0.15) is 32.7 Å². The number of hydrogen-bond donors (Lipinski definition) is 2. The van der Waals surface area contributed by atoms with Crippen LogP contribution in [0.5, 0.6) is 0 Å². The lowest BCUT2D eigenvalue weighted by molar-refractivity contribution is 0.102. The molecule has 0 radical (unpaired) electrons. The molecule has 1 aliphatic heterocycles. The van der Waals surface area contributed by atoms with Gasteiger partial charge in [-0.2, -0.15) is 0 Å². The monoisotopic (exact) mass is 507 g/mol. The molecule has 0 spiro atoms. The maximum Gasteiger partial charge on any atom is 0.336 e. The Morgan fingerprint density at radius 2 is 1.84 bits per heavy atom. The van der Waals surface area contributed by atoms with Crippen LogP contribution < -0.4 is 10.9 Å². The average molecular weight is 508 g/mol. The molecular weight excluding hydrogens is 481 g/mol. The Labute approximate surface area is 218 Å². The highest BCUT2D eigenvalue weighted by molar-refractivity contribution is 6.05. The third-order valence-electron chi connectivity index (χ3n) is 7.20. The summed E-state index contributed by atoms with van der Waals surface area (Å²) in [5, 5.41) is 4.63. The number of aromatic nitrogens is 1. The number of carbonyl (C=O) groups excluding carboxylic acids is 1. The molecule has 0 bridgehead atoms. The molecule has 38 heavy (non-hydrogen) atoms. The van der Waals surface area contributed by atoms with Crippen molar-refractivity contribution in [3.8, 4) is 0 Å². The number of nitrogens with zero attached hydrogens (tertiary/aromatic N) is 1. The van der Waals surface area contributed by atoms with Gasteiger partial charge in [-0.05, 0) is 71.7 Å². The van der Waals surface area contributed by atoms with Gasteiger partial charge in [0.05, 0.1) is 0 Å². The van der Waals surface area contributed by atoms with Crippen molar-refractivity contribution in [3.05, 3.63) is 117 Å². The molecule has 1 amide bonds. The van der Waals surface area contributed by atoms with E-state index >= 15 is 0 Å². The molecule has 2 N–H and O–H groups in total. The van der Waals surface area contributed by atoms with E-state index in [1.807, 2.05) is 25.1 Å². The van der Waals surface area contributed by atoms with E-state index in [0.717, 1.165) is 58.1 Å². The number of benzene rings is 3. The van der Waals surface area contributed by atoms with Gasteiger partial charge in [0.2, 0.25) is 0 Å². The van der Waals surface area contributed by atoms with Crippen molar-refractivity contribution in [1.29, 1.82) is 0 Å². The smallest absolute Gasteiger partial charge is 0.336 e. The molecule has 5 aromatic rings. The van der Waals surface area contributed by atoms with Gasteiger partial charge in [-0.25, -0.2) is 9.18 Å². The number of carbonyl (C=O) groups is 1. The molecule has 0 unspecified atom stereocenters. The minimum absolute atomic E-state index is 0.229. The molecule has 3 aromatic carbocycles. The first kappa shape index (κ1) is 23.9. The van der Waals surface area contributed by atoms with Gasteiger partial charge >= 0.3 is 5.63 Å². The Kier molecular flexibility index (Phi) is 5.93. The fraction of sp³-hybridized carbons (Fsp3) is 0.161. The van der Waals surface area contributed by atoms with Gasteiger partial charge in [-0.15, -0.1) is 0 Å². The van der Waals surface area contributed by atoms with Crippen molar-refractivity contribution in [2.24, 2.45) is 0 Å². The van der Waals surface area contributed by atoms with E-state index in [1.165, 1.54) is 17.8 Å². The first-order chi connectivity index (χ1) is 18.3. The molecule has 2 aromatic heterocycles. The predicted molar refractivity (Wildman–Crippen MR) is 148 cm³/mol. The van der Waals surface area contributed by atoms with E-state index in [0.29, 0.717) is 23.4 Å². The summed E-state index contributed by atoms with van der Waals surface area (Å²) < 4.78 is 19.1. The SMILES string of the molecule is C=C(CN1CCc2[nH]c3ccc(F)cc3c2C1)c1ccc(C(=O)Nc2ccc3c(C)cc(=O)oc3c2)cc1. The van der Waals surface area contributed by atoms with Gasteiger partial charge in [-0.3, -0.25) is 9.69 Å². The van der Waals surface area contributed by atoms with Crippen molar-refractivity contribution in [2.45, 2.75) is 19.9 Å². The standard InChI is InChI=1S/C31H26FN3O3/c1-18-13-30(36)38-29-15-23(8-9-24(18)29)33-31(37)21-5-3-20(4-6-21)19(2)16-35-12-11-28-26(17-35)25-14-22(32)7-10-27(25)34-28/h3-10,13-15,34H,2,11-12,16-17H2,1H3,(H,33,37). The maximum atomic E-state index is 13.8. The van der Waals surface area contributed by atoms with Crippen LogP contribution in [0.3, 0.4) is 0 Å². The van der Waals surface area contributed by atoms with Crippen molar-refractivity contribution in [3.63, 3.8) is 0 Å². The third kappa shape index (κ3) is 4.53. The molecule has 3 heterocycles. The number of halogens is 1. The van der Waals surface area contributed by atoms with E-state index in [-0.39, 0.29) is 11.7 Å². The topological polar surface area (TPSA) is 78.3 Å². The number of aromatic amines is 1. The Morgan fingerprint density at radius 3 is 2.66 bits per heavy atom. The number of amides is 1. The maximum absolute atomic E-state index is 13.8. The van der Waals surface area contributed by atoms with Crippen LogP contribution in [-0.4, -0.2) is 28.9 Å². The number of nitrogens with one attached hydrogen (secondary N) is 2. The molecule has 1 aliphatic rings. The molecule has 190 valence electrons. The lowest BCUT2D eigenvalue weighted by atomic mass is 10.0. The van der Waals surface area contributed by atoms with Gasteiger partial charge in [0, 0.05) is 71.4 Å². The summed E-state index contributed by atoms with van der Waals surface area (Å²) in [5.41, 5.74) is 7.09. The number of anilines is 1. The van der Waals surface area contributed by atoms with Crippen molar-refractivity contribution in [1.82, 2.24) is 9.88 Å². The highest BCUT2D eigenvalue weighted by Gasteiger charge is 2.21. The van der Waals surface area contributed by atoms with Crippen LogP contribution in [-0.2, 0) is 13.0 Å². The van der Waals surface area contributed by atoms with Gasteiger partial charge in [0.1, 0.15) is 11.4 Å². The molecule has 6 rings (SSSR count). The van der Waals surface area contributed by atoms with Crippen molar-refractivity contribution in [2.75, 3.05) is 18.4 Å². The second-order valence-corrected chi connectivity index (χ2v) is 9.83. The van der Waals surface area contributed by atoms with Crippen LogP contribution in [0.4, 0.5) is 10.1 Å². The first-order valence-electron chi connectivity index (χ1n) is 12.5. The largest absolute Gasteiger partial charge is 0.423 e. The lowest BCUT2D eigenvalue weighted by Crippen LogP contribution is -2.31. The van der Waals surface area contributed by atoms with Gasteiger partial charge in [0.15, 0.2) is 0 Å². The van der Waals surface area contributed by atoms with E-state index < -0.39 is 5.63 Å². The molecular formula is C31H26FN3O3. The van der Waals surface area contributed by atoms with E-state index in [4.69, 9.17) is 4.42 Å². The van der Waals surface area contributed by atoms with Crippen LogP contribution in [0.25, 0.3) is 27.4 Å². The number of fused-ring (bicyclic) bond motifs is 4. The van der Waals surface area contributed by atoms with Crippen LogP contribution in [0, 0.1) is 12.7 Å². The van der Waals surface area contributed by atoms with Crippen molar-refractivity contribution < 1.29 is 13.6 Å². The highest BCUT2D eigenvalue weighted by Crippen LogP contribution is 2.29. The zero-order chi connectivity index (χ0) is 26.4. The fourth-order valence-corrected chi connectivity index (χ4v) is 5.20. The Hall–Kier alpha value is -4.49. The molecule has 0 atom stereocenters. The van der Waals surface area contributed by atoms with E-state index in [9.17, 15) is 14.0 Å².